The fourth-order valence-electron chi connectivity index (χ4n) is 4.77. The number of methoxy groups -OCH3 is 1. The Kier molecular flexibility index (Phi) is 9.47. The number of nitrogens with zero attached hydrogens (tertiary/aromatic N) is 3. The van der Waals surface area contributed by atoms with Gasteiger partial charge in [0.25, 0.3) is 5.91 Å². The van der Waals surface area contributed by atoms with Crippen LogP contribution in [0.25, 0.3) is 11.1 Å². The van der Waals surface area contributed by atoms with Crippen molar-refractivity contribution in [2.24, 2.45) is 0 Å². The molecule has 43 heavy (non-hydrogen) atoms. The molecule has 2 aromatic rings. The minimum atomic E-state index is -0.539. The molecule has 0 saturated heterocycles. The molecule has 0 fully saturated rings. The van der Waals surface area contributed by atoms with Gasteiger partial charge in [-0.05, 0) is 101 Å². The van der Waals surface area contributed by atoms with Crippen LogP contribution in [-0.2, 0) is 9.47 Å². The van der Waals surface area contributed by atoms with E-state index in [2.05, 4.69) is 10.3 Å². The second kappa shape index (κ2) is 12.9. The van der Waals surface area contributed by atoms with Gasteiger partial charge in [-0.1, -0.05) is 18.2 Å². The minimum Gasteiger partial charge on any atom is -0.496 e. The van der Waals surface area contributed by atoms with E-state index >= 15 is 0 Å². The van der Waals surface area contributed by atoms with Crippen LogP contribution in [0.1, 0.15) is 75.9 Å². The third kappa shape index (κ3) is 8.59. The topological polar surface area (TPSA) is 110 Å². The third-order valence-corrected chi connectivity index (χ3v) is 6.91. The number of anilines is 1. The minimum absolute atomic E-state index is 0.317. The summed E-state index contributed by atoms with van der Waals surface area (Å²) in [7, 11) is 1.53. The molecule has 0 unspecified atom stereocenters. The van der Waals surface area contributed by atoms with Crippen molar-refractivity contribution >= 4 is 35.1 Å². The molecule has 4 rings (SSSR count). The van der Waals surface area contributed by atoms with Crippen molar-refractivity contribution in [3.8, 4) is 5.75 Å². The van der Waals surface area contributed by atoms with Crippen LogP contribution in [0.2, 0.25) is 0 Å². The number of carbonyl (C=O) groups excluding carboxylic acids is 3. The highest BCUT2D eigenvalue weighted by Gasteiger charge is 2.26. The van der Waals surface area contributed by atoms with E-state index in [9.17, 15) is 14.4 Å². The normalized spacial score (nSPS) is 15.7. The molecule has 1 aromatic heterocycles. The number of carbonyl (C=O) groups is 3. The number of amides is 3. The van der Waals surface area contributed by atoms with Gasteiger partial charge >= 0.3 is 12.2 Å². The third-order valence-electron chi connectivity index (χ3n) is 6.91. The van der Waals surface area contributed by atoms with Crippen molar-refractivity contribution in [1.29, 1.82) is 0 Å². The molecule has 3 heterocycles. The van der Waals surface area contributed by atoms with Crippen LogP contribution >= 0.6 is 0 Å². The van der Waals surface area contributed by atoms with Gasteiger partial charge < -0.3 is 29.3 Å². The highest BCUT2D eigenvalue weighted by atomic mass is 16.6. The summed E-state index contributed by atoms with van der Waals surface area (Å²) >= 11 is 0. The maximum atomic E-state index is 13.1. The van der Waals surface area contributed by atoms with Gasteiger partial charge in [0.1, 0.15) is 22.8 Å². The maximum absolute atomic E-state index is 13.1. The molecule has 2 aliphatic heterocycles. The molecule has 0 atom stereocenters. The number of pyridine rings is 1. The van der Waals surface area contributed by atoms with E-state index in [-0.39, 0.29) is 18.1 Å². The second-order valence-electron chi connectivity index (χ2n) is 12.6. The predicted octanol–water partition coefficient (Wildman–Crippen LogP) is 6.39. The fourth-order valence-corrected chi connectivity index (χ4v) is 4.77. The molecule has 0 saturated carbocycles. The first-order valence-corrected chi connectivity index (χ1v) is 14.5. The van der Waals surface area contributed by atoms with Crippen molar-refractivity contribution in [2.75, 3.05) is 38.6 Å². The fraction of sp³-hybridized carbons (Fsp3) is 0.455. The number of benzene rings is 1. The molecule has 2 aliphatic rings. The van der Waals surface area contributed by atoms with Gasteiger partial charge in [0.15, 0.2) is 0 Å². The Hall–Kier alpha value is -4.34. The van der Waals surface area contributed by atoms with Crippen molar-refractivity contribution in [2.45, 2.75) is 65.6 Å². The largest absolute Gasteiger partial charge is 0.496 e. The lowest BCUT2D eigenvalue weighted by Crippen LogP contribution is -2.39. The molecule has 1 N–H and O–H groups in total. The average Bonchev–Trinajstić information content (AvgIpc) is 2.95. The van der Waals surface area contributed by atoms with E-state index in [4.69, 9.17) is 14.2 Å². The summed E-state index contributed by atoms with van der Waals surface area (Å²) in [6.07, 6.45) is 6.44. The van der Waals surface area contributed by atoms with E-state index in [1.54, 1.807) is 28.1 Å². The lowest BCUT2D eigenvalue weighted by Gasteiger charge is -2.29. The van der Waals surface area contributed by atoms with Gasteiger partial charge in [-0.15, -0.1) is 0 Å². The van der Waals surface area contributed by atoms with Gasteiger partial charge in [0, 0.05) is 32.4 Å². The summed E-state index contributed by atoms with van der Waals surface area (Å²) in [6, 6.07) is 9.14. The zero-order valence-corrected chi connectivity index (χ0v) is 26.2. The van der Waals surface area contributed by atoms with Crippen LogP contribution in [0.3, 0.4) is 0 Å². The van der Waals surface area contributed by atoms with E-state index in [0.29, 0.717) is 56.2 Å². The molecule has 10 nitrogen and oxygen atoms in total. The Balaban J connectivity index is 1.37. The van der Waals surface area contributed by atoms with Crippen molar-refractivity contribution < 1.29 is 28.6 Å². The number of ether oxygens (including phenoxy) is 3. The first-order chi connectivity index (χ1) is 20.2. The summed E-state index contributed by atoms with van der Waals surface area (Å²) in [5.41, 5.74) is 3.36. The van der Waals surface area contributed by atoms with Gasteiger partial charge in [0.2, 0.25) is 0 Å². The van der Waals surface area contributed by atoms with Crippen LogP contribution in [0, 0.1) is 0 Å². The molecule has 0 radical (unpaired) electrons. The molecule has 0 aliphatic carbocycles. The Bertz CT molecular complexity index is 1420. The SMILES string of the molecule is COc1cc(C2=CCN(C(=O)OC(C)(C)C)CC2)ccc1C(=O)Nc1ccc(C2=CCN(C(=O)OC(C)(C)C)CC2)cn1. The van der Waals surface area contributed by atoms with E-state index in [1.807, 2.05) is 71.9 Å². The van der Waals surface area contributed by atoms with E-state index in [0.717, 1.165) is 22.3 Å². The summed E-state index contributed by atoms with van der Waals surface area (Å²) in [5, 5.41) is 2.85. The smallest absolute Gasteiger partial charge is 0.410 e. The van der Waals surface area contributed by atoms with Gasteiger partial charge in [-0.3, -0.25) is 4.79 Å². The molecule has 3 amide bonds. The Morgan fingerprint density at radius 2 is 1.33 bits per heavy atom. The summed E-state index contributed by atoms with van der Waals surface area (Å²) in [5.74, 6) is 0.537. The first-order valence-electron chi connectivity index (χ1n) is 14.5. The Morgan fingerprint density at radius 1 is 0.791 bits per heavy atom. The van der Waals surface area contributed by atoms with Gasteiger partial charge in [-0.2, -0.15) is 0 Å². The zero-order chi connectivity index (χ0) is 31.4. The highest BCUT2D eigenvalue weighted by molar-refractivity contribution is 6.06. The number of hydrogen-bond donors (Lipinski definition) is 1. The highest BCUT2D eigenvalue weighted by Crippen LogP contribution is 2.30. The van der Waals surface area contributed by atoms with Crippen LogP contribution < -0.4 is 10.1 Å². The predicted molar refractivity (Wildman–Crippen MR) is 166 cm³/mol. The van der Waals surface area contributed by atoms with Crippen molar-refractivity contribution in [1.82, 2.24) is 14.8 Å². The van der Waals surface area contributed by atoms with Crippen molar-refractivity contribution in [3.63, 3.8) is 0 Å². The van der Waals surface area contributed by atoms with E-state index in [1.165, 1.54) is 7.11 Å². The molecule has 0 bridgehead atoms. The number of rotatable bonds is 5. The van der Waals surface area contributed by atoms with E-state index < -0.39 is 11.2 Å². The van der Waals surface area contributed by atoms with Crippen LogP contribution in [-0.4, -0.2) is 77.4 Å². The number of hydrogen-bond acceptors (Lipinski definition) is 7. The molecule has 10 heteroatoms. The summed E-state index contributed by atoms with van der Waals surface area (Å²) in [4.78, 5) is 45.6. The van der Waals surface area contributed by atoms with Gasteiger partial charge in [-0.25, -0.2) is 14.6 Å². The second-order valence-corrected chi connectivity index (χ2v) is 12.6. The quantitative estimate of drug-likeness (QED) is 0.430. The lowest BCUT2D eigenvalue weighted by molar-refractivity contribution is 0.0260. The first kappa shape index (κ1) is 31.6. The van der Waals surface area contributed by atoms with Crippen LogP contribution in [0.4, 0.5) is 15.4 Å². The standard InChI is InChI=1S/C33H42N4O6/c1-32(2,3)42-30(39)36-16-12-22(13-17-36)24-8-10-26(27(20-24)41-7)29(38)35-28-11-9-25(21-34-28)23-14-18-37(19-15-23)31(40)43-33(4,5)6/h8-12,14,20-21H,13,15-19H2,1-7H3,(H,34,35,38). The zero-order valence-electron chi connectivity index (χ0n) is 26.2. The van der Waals surface area contributed by atoms with Crippen LogP contribution in [0.15, 0.2) is 48.7 Å². The molecule has 230 valence electrons. The molecule has 1 aromatic carbocycles. The summed E-state index contributed by atoms with van der Waals surface area (Å²) < 4.78 is 16.5. The van der Waals surface area contributed by atoms with Gasteiger partial charge in [0.05, 0.1) is 12.7 Å². The van der Waals surface area contributed by atoms with Crippen LogP contribution in [0.5, 0.6) is 5.75 Å². The Labute approximate surface area is 253 Å². The maximum Gasteiger partial charge on any atom is 0.410 e. The average molecular weight is 591 g/mol. The van der Waals surface area contributed by atoms with Crippen molar-refractivity contribution in [3.05, 3.63) is 65.4 Å². The summed E-state index contributed by atoms with van der Waals surface area (Å²) in [6.45, 7) is 13.1. The monoisotopic (exact) mass is 590 g/mol. The number of aromatic nitrogens is 1. The number of nitrogens with one attached hydrogen (secondary N) is 1. The Morgan fingerprint density at radius 3 is 1.77 bits per heavy atom. The lowest BCUT2D eigenvalue weighted by atomic mass is 9.97. The molecular formula is C33H42N4O6. The molecule has 0 spiro atoms. The molecular weight excluding hydrogens is 548 g/mol.